The van der Waals surface area contributed by atoms with Gasteiger partial charge in [0.2, 0.25) is 14.9 Å². The standard InChI is InChI=1S/C24H26N2O4S/c1-18-9-11-19(12-10-18)21(26-15-5-6-16-26)17-25-24(27)22-13-14-23(30-22)31(28,29)20-7-3-2-4-8-20/h2-4,7-14,21H,5-6,15-17H2,1H3,(H,25,27). The van der Waals surface area contributed by atoms with Crippen molar-refractivity contribution in [1.82, 2.24) is 10.2 Å². The number of furan rings is 1. The third kappa shape index (κ3) is 4.73. The molecule has 0 saturated carbocycles. The Morgan fingerprint density at radius 1 is 1.00 bits per heavy atom. The maximum atomic E-state index is 12.7. The molecule has 1 unspecified atom stereocenters. The molecule has 1 fully saturated rings. The molecule has 1 aliphatic heterocycles. The van der Waals surface area contributed by atoms with Gasteiger partial charge in [-0.2, -0.15) is 0 Å². The van der Waals surface area contributed by atoms with Gasteiger partial charge in [0.1, 0.15) is 0 Å². The first-order valence-electron chi connectivity index (χ1n) is 10.4. The number of nitrogens with zero attached hydrogens (tertiary/aromatic N) is 1. The molecule has 162 valence electrons. The summed E-state index contributed by atoms with van der Waals surface area (Å²) < 4.78 is 30.8. The summed E-state index contributed by atoms with van der Waals surface area (Å²) in [6.07, 6.45) is 2.30. The smallest absolute Gasteiger partial charge is 0.287 e. The van der Waals surface area contributed by atoms with Crippen LogP contribution in [0.2, 0.25) is 0 Å². The van der Waals surface area contributed by atoms with Gasteiger partial charge < -0.3 is 9.73 Å². The van der Waals surface area contributed by atoms with Crippen molar-refractivity contribution in [1.29, 1.82) is 0 Å². The fourth-order valence-electron chi connectivity index (χ4n) is 3.88. The maximum absolute atomic E-state index is 12.7. The lowest BCUT2D eigenvalue weighted by molar-refractivity contribution is 0.0905. The lowest BCUT2D eigenvalue weighted by Gasteiger charge is -2.28. The van der Waals surface area contributed by atoms with E-state index < -0.39 is 15.7 Å². The van der Waals surface area contributed by atoms with Crippen LogP contribution in [0.1, 0.15) is 40.6 Å². The van der Waals surface area contributed by atoms with E-state index in [-0.39, 0.29) is 21.8 Å². The number of likely N-dealkylation sites (tertiary alicyclic amines) is 1. The van der Waals surface area contributed by atoms with Crippen LogP contribution >= 0.6 is 0 Å². The van der Waals surface area contributed by atoms with E-state index in [4.69, 9.17) is 4.42 Å². The highest BCUT2D eigenvalue weighted by atomic mass is 32.2. The molecule has 0 bridgehead atoms. The zero-order valence-corrected chi connectivity index (χ0v) is 18.3. The Labute approximate surface area is 182 Å². The topological polar surface area (TPSA) is 79.6 Å². The van der Waals surface area contributed by atoms with Crippen molar-refractivity contribution in [2.75, 3.05) is 19.6 Å². The average molecular weight is 439 g/mol. The van der Waals surface area contributed by atoms with Crippen LogP contribution in [-0.4, -0.2) is 38.9 Å². The van der Waals surface area contributed by atoms with Crippen LogP contribution in [0, 0.1) is 6.92 Å². The number of hydrogen-bond acceptors (Lipinski definition) is 5. The minimum absolute atomic E-state index is 0.0152. The molecule has 1 N–H and O–H groups in total. The molecule has 0 spiro atoms. The van der Waals surface area contributed by atoms with Gasteiger partial charge in [-0.3, -0.25) is 9.69 Å². The molecule has 3 aromatic rings. The minimum atomic E-state index is -3.80. The summed E-state index contributed by atoms with van der Waals surface area (Å²) in [4.78, 5) is 15.2. The number of benzene rings is 2. The Morgan fingerprint density at radius 2 is 1.68 bits per heavy atom. The second-order valence-electron chi connectivity index (χ2n) is 7.81. The fraction of sp³-hybridized carbons (Fsp3) is 0.292. The summed E-state index contributed by atoms with van der Waals surface area (Å²) in [7, 11) is -3.80. The number of amides is 1. The fourth-order valence-corrected chi connectivity index (χ4v) is 5.07. The molecule has 7 heteroatoms. The molecular formula is C24H26N2O4S. The van der Waals surface area contributed by atoms with Crippen molar-refractivity contribution < 1.29 is 17.6 Å². The first kappa shape index (κ1) is 21.3. The predicted octanol–water partition coefficient (Wildman–Crippen LogP) is 3.99. The number of nitrogens with one attached hydrogen (secondary N) is 1. The monoisotopic (exact) mass is 438 g/mol. The average Bonchev–Trinajstić information content (AvgIpc) is 3.48. The summed E-state index contributed by atoms with van der Waals surface area (Å²) in [5, 5.41) is 2.69. The Balaban J connectivity index is 1.48. The molecule has 1 aliphatic rings. The van der Waals surface area contributed by atoms with Crippen molar-refractivity contribution >= 4 is 15.7 Å². The largest absolute Gasteiger partial charge is 0.439 e. The number of aryl methyl sites for hydroxylation is 1. The molecule has 2 heterocycles. The number of hydrogen-bond donors (Lipinski definition) is 1. The van der Waals surface area contributed by atoms with E-state index in [1.54, 1.807) is 18.2 Å². The first-order valence-corrected chi connectivity index (χ1v) is 11.9. The van der Waals surface area contributed by atoms with Gasteiger partial charge in [-0.05, 0) is 62.7 Å². The molecule has 1 saturated heterocycles. The molecule has 6 nitrogen and oxygen atoms in total. The van der Waals surface area contributed by atoms with E-state index in [0.717, 1.165) is 31.5 Å². The minimum Gasteiger partial charge on any atom is -0.439 e. The van der Waals surface area contributed by atoms with E-state index >= 15 is 0 Å². The summed E-state index contributed by atoms with van der Waals surface area (Å²) in [6.45, 7) is 4.46. The van der Waals surface area contributed by atoms with E-state index in [9.17, 15) is 13.2 Å². The van der Waals surface area contributed by atoms with Crippen LogP contribution < -0.4 is 5.32 Å². The van der Waals surface area contributed by atoms with Crippen molar-refractivity contribution in [2.45, 2.75) is 35.8 Å². The Hall–Kier alpha value is -2.90. The Kier molecular flexibility index (Phi) is 6.25. The normalized spacial score (nSPS) is 15.6. The zero-order chi connectivity index (χ0) is 21.8. The van der Waals surface area contributed by atoms with Crippen molar-refractivity contribution in [3.8, 4) is 0 Å². The molecular weight excluding hydrogens is 412 g/mol. The van der Waals surface area contributed by atoms with Gasteiger partial charge in [-0.25, -0.2) is 8.42 Å². The molecule has 0 aliphatic carbocycles. The van der Waals surface area contributed by atoms with Gasteiger partial charge in [0.15, 0.2) is 5.76 Å². The van der Waals surface area contributed by atoms with Crippen LogP contribution in [0.3, 0.4) is 0 Å². The van der Waals surface area contributed by atoms with Gasteiger partial charge in [-0.15, -0.1) is 0 Å². The van der Waals surface area contributed by atoms with E-state index in [0.29, 0.717) is 6.54 Å². The Bertz CT molecular complexity index is 1130. The zero-order valence-electron chi connectivity index (χ0n) is 17.5. The molecule has 1 aromatic heterocycles. The van der Waals surface area contributed by atoms with Crippen LogP contribution in [-0.2, 0) is 9.84 Å². The molecule has 1 amide bonds. The second kappa shape index (κ2) is 9.08. The molecule has 31 heavy (non-hydrogen) atoms. The van der Waals surface area contributed by atoms with Crippen molar-refractivity contribution in [3.63, 3.8) is 0 Å². The van der Waals surface area contributed by atoms with E-state index in [2.05, 4.69) is 41.4 Å². The summed E-state index contributed by atoms with van der Waals surface area (Å²) in [6, 6.07) is 19.2. The highest BCUT2D eigenvalue weighted by Gasteiger charge is 2.26. The highest BCUT2D eigenvalue weighted by Crippen LogP contribution is 2.26. The first-order chi connectivity index (χ1) is 14.9. The molecule has 0 radical (unpaired) electrons. The van der Waals surface area contributed by atoms with E-state index in [1.807, 2.05) is 0 Å². The molecule has 2 aromatic carbocycles. The SMILES string of the molecule is Cc1ccc(C(CNC(=O)c2ccc(S(=O)(=O)c3ccccc3)o2)N2CCCC2)cc1. The number of carbonyl (C=O) groups is 1. The van der Waals surface area contributed by atoms with Crippen LogP contribution in [0.5, 0.6) is 0 Å². The number of rotatable bonds is 7. The van der Waals surface area contributed by atoms with E-state index in [1.165, 1.54) is 29.8 Å². The van der Waals surface area contributed by atoms with Gasteiger partial charge in [0.05, 0.1) is 10.9 Å². The second-order valence-corrected chi connectivity index (χ2v) is 9.70. The third-order valence-electron chi connectivity index (χ3n) is 5.62. The van der Waals surface area contributed by atoms with Crippen LogP contribution in [0.4, 0.5) is 0 Å². The quantitative estimate of drug-likeness (QED) is 0.603. The third-order valence-corrected chi connectivity index (χ3v) is 7.26. The van der Waals surface area contributed by atoms with Crippen molar-refractivity contribution in [3.05, 3.63) is 83.6 Å². The van der Waals surface area contributed by atoms with Crippen molar-refractivity contribution in [2.24, 2.45) is 0 Å². The van der Waals surface area contributed by atoms with Gasteiger partial charge in [0.25, 0.3) is 5.91 Å². The predicted molar refractivity (Wildman–Crippen MR) is 118 cm³/mol. The maximum Gasteiger partial charge on any atom is 0.287 e. The highest BCUT2D eigenvalue weighted by molar-refractivity contribution is 7.91. The van der Waals surface area contributed by atoms with Gasteiger partial charge in [0, 0.05) is 6.54 Å². The Morgan fingerprint density at radius 3 is 2.35 bits per heavy atom. The summed E-state index contributed by atoms with van der Waals surface area (Å²) >= 11 is 0. The lowest BCUT2D eigenvalue weighted by atomic mass is 10.0. The lowest BCUT2D eigenvalue weighted by Crippen LogP contribution is -2.36. The number of sulfone groups is 1. The summed E-state index contributed by atoms with van der Waals surface area (Å²) in [5.74, 6) is -0.440. The molecule has 1 atom stereocenters. The summed E-state index contributed by atoms with van der Waals surface area (Å²) in [5.41, 5.74) is 2.34. The van der Waals surface area contributed by atoms with Gasteiger partial charge >= 0.3 is 0 Å². The van der Waals surface area contributed by atoms with Crippen LogP contribution in [0.25, 0.3) is 0 Å². The number of carbonyl (C=O) groups excluding carboxylic acids is 1. The molecule has 4 rings (SSSR count). The van der Waals surface area contributed by atoms with Gasteiger partial charge in [-0.1, -0.05) is 48.0 Å². The van der Waals surface area contributed by atoms with Crippen LogP contribution in [0.15, 0.2) is 81.1 Å².